The Labute approximate surface area is 156 Å². The predicted octanol–water partition coefficient (Wildman–Crippen LogP) is 1.89. The molecule has 0 aliphatic carbocycles. The monoisotopic (exact) mass is 382 g/mol. The van der Waals surface area contributed by atoms with Crippen molar-refractivity contribution in [3.63, 3.8) is 0 Å². The number of amides is 1. The average molecular weight is 382 g/mol. The number of carbonyl (C=O) groups excluding carboxylic acids is 1. The van der Waals surface area contributed by atoms with Gasteiger partial charge in [0, 0.05) is 5.69 Å². The molecule has 0 saturated carbocycles. The second kappa shape index (κ2) is 6.99. The van der Waals surface area contributed by atoms with Gasteiger partial charge in [-0.15, -0.1) is 5.10 Å². The van der Waals surface area contributed by atoms with Crippen molar-refractivity contribution in [2.24, 2.45) is 0 Å². The Hall–Kier alpha value is -3.95. The summed E-state index contributed by atoms with van der Waals surface area (Å²) in [6, 6.07) is 11.0. The molecule has 4 rings (SSSR count). The fourth-order valence-corrected chi connectivity index (χ4v) is 2.66. The Balaban J connectivity index is 1.62. The van der Waals surface area contributed by atoms with Crippen LogP contribution in [0, 0.1) is 11.6 Å². The molecule has 0 unspecified atom stereocenters. The van der Waals surface area contributed by atoms with Crippen molar-refractivity contribution in [3.05, 3.63) is 76.8 Å². The number of aromatic nitrogens is 5. The van der Waals surface area contributed by atoms with Crippen LogP contribution in [0.3, 0.4) is 0 Å². The number of fused-ring (bicyclic) bond motifs is 1. The summed E-state index contributed by atoms with van der Waals surface area (Å²) in [5.74, 6) is -1.50. The summed E-state index contributed by atoms with van der Waals surface area (Å²) < 4.78 is 28.9. The summed E-state index contributed by atoms with van der Waals surface area (Å²) in [6.07, 6.45) is 1.18. The van der Waals surface area contributed by atoms with E-state index in [0.717, 1.165) is 10.6 Å². The molecule has 0 aliphatic heterocycles. The molecule has 0 atom stereocenters. The Kier molecular flexibility index (Phi) is 4.36. The van der Waals surface area contributed by atoms with Crippen molar-refractivity contribution in [2.75, 3.05) is 5.32 Å². The molecule has 8 nitrogen and oxygen atoms in total. The molecule has 0 spiro atoms. The predicted molar refractivity (Wildman–Crippen MR) is 95.9 cm³/mol. The Bertz CT molecular complexity index is 1250. The number of halogens is 2. The van der Waals surface area contributed by atoms with Crippen molar-refractivity contribution >= 4 is 22.8 Å². The maximum absolute atomic E-state index is 13.4. The lowest BCUT2D eigenvalue weighted by Gasteiger charge is -2.07. The molecule has 4 aromatic rings. The molecule has 2 aromatic heterocycles. The first kappa shape index (κ1) is 17.5. The van der Waals surface area contributed by atoms with Crippen LogP contribution in [0.1, 0.15) is 0 Å². The van der Waals surface area contributed by atoms with Gasteiger partial charge in [0.25, 0.3) is 5.56 Å². The maximum atomic E-state index is 13.4. The van der Waals surface area contributed by atoms with E-state index in [-0.39, 0.29) is 23.4 Å². The van der Waals surface area contributed by atoms with Gasteiger partial charge in [-0.3, -0.25) is 14.2 Å². The zero-order valence-corrected chi connectivity index (χ0v) is 14.2. The molecule has 1 N–H and O–H groups in total. The smallest absolute Gasteiger partial charge is 0.284 e. The van der Waals surface area contributed by atoms with Crippen molar-refractivity contribution in [2.45, 2.75) is 6.54 Å². The summed E-state index contributed by atoms with van der Waals surface area (Å²) in [6.45, 7) is -0.342. The molecule has 0 aliphatic rings. The molecule has 10 heteroatoms. The molecular weight excluding hydrogens is 370 g/mol. The molecule has 0 fully saturated rings. The molecule has 2 aromatic carbocycles. The highest BCUT2D eigenvalue weighted by atomic mass is 19.1. The van der Waals surface area contributed by atoms with Gasteiger partial charge in [0.2, 0.25) is 5.91 Å². The van der Waals surface area contributed by atoms with Crippen molar-refractivity contribution in [1.82, 2.24) is 24.5 Å². The first-order valence-electron chi connectivity index (χ1n) is 8.13. The molecular formula is C18H12F2N6O2. The van der Waals surface area contributed by atoms with Crippen LogP contribution >= 0.6 is 0 Å². The van der Waals surface area contributed by atoms with Crippen LogP contribution in [0.25, 0.3) is 16.9 Å². The van der Waals surface area contributed by atoms with Crippen LogP contribution in [-0.4, -0.2) is 30.5 Å². The van der Waals surface area contributed by atoms with E-state index in [0.29, 0.717) is 5.69 Å². The molecule has 1 amide bonds. The van der Waals surface area contributed by atoms with Gasteiger partial charge >= 0.3 is 0 Å². The summed E-state index contributed by atoms with van der Waals surface area (Å²) in [5.41, 5.74) is 0.116. The number of carbonyl (C=O) groups is 1. The summed E-state index contributed by atoms with van der Waals surface area (Å²) in [7, 11) is 0. The first-order valence-corrected chi connectivity index (χ1v) is 8.13. The van der Waals surface area contributed by atoms with E-state index < -0.39 is 23.1 Å². The van der Waals surface area contributed by atoms with E-state index in [1.807, 2.05) is 0 Å². The van der Waals surface area contributed by atoms with Crippen LogP contribution in [0.2, 0.25) is 0 Å². The summed E-state index contributed by atoms with van der Waals surface area (Å²) >= 11 is 0. The fourth-order valence-electron chi connectivity index (χ4n) is 2.66. The van der Waals surface area contributed by atoms with Gasteiger partial charge in [-0.1, -0.05) is 17.3 Å². The van der Waals surface area contributed by atoms with Gasteiger partial charge in [0.15, 0.2) is 11.2 Å². The largest absolute Gasteiger partial charge is 0.324 e. The van der Waals surface area contributed by atoms with E-state index in [1.165, 1.54) is 47.4 Å². The summed E-state index contributed by atoms with van der Waals surface area (Å²) in [4.78, 5) is 28.8. The van der Waals surface area contributed by atoms with Gasteiger partial charge < -0.3 is 5.32 Å². The van der Waals surface area contributed by atoms with E-state index >= 15 is 0 Å². The van der Waals surface area contributed by atoms with Crippen molar-refractivity contribution in [3.8, 4) is 5.69 Å². The van der Waals surface area contributed by atoms with Crippen LogP contribution in [-0.2, 0) is 11.3 Å². The lowest BCUT2D eigenvalue weighted by molar-refractivity contribution is -0.116. The maximum Gasteiger partial charge on any atom is 0.284 e. The Morgan fingerprint density at radius 2 is 1.82 bits per heavy atom. The standard InChI is InChI=1S/C18H12F2N6O2/c19-11-3-1-5-13(7-11)22-15(27)9-25-10-21-17-16(18(25)28)23-24-26(17)14-6-2-4-12(20)8-14/h1-8,10H,9H2,(H,22,27). The van der Waals surface area contributed by atoms with E-state index in [2.05, 4.69) is 20.6 Å². The highest BCUT2D eigenvalue weighted by Crippen LogP contribution is 2.13. The fraction of sp³-hybridized carbons (Fsp3) is 0.0556. The minimum absolute atomic E-state index is 0.0645. The van der Waals surface area contributed by atoms with Crippen LogP contribution in [0.5, 0.6) is 0 Å². The zero-order chi connectivity index (χ0) is 19.7. The third kappa shape index (κ3) is 3.34. The lowest BCUT2D eigenvalue weighted by Crippen LogP contribution is -2.28. The van der Waals surface area contributed by atoms with Crippen molar-refractivity contribution in [1.29, 1.82) is 0 Å². The number of hydrogen-bond donors (Lipinski definition) is 1. The minimum atomic E-state index is -0.581. The van der Waals surface area contributed by atoms with Gasteiger partial charge in [0.1, 0.15) is 24.5 Å². The van der Waals surface area contributed by atoms with E-state index in [9.17, 15) is 18.4 Å². The lowest BCUT2D eigenvalue weighted by atomic mass is 10.3. The van der Waals surface area contributed by atoms with Gasteiger partial charge in [-0.2, -0.15) is 4.68 Å². The van der Waals surface area contributed by atoms with Crippen LogP contribution < -0.4 is 10.9 Å². The molecule has 0 saturated heterocycles. The first-order chi connectivity index (χ1) is 13.5. The minimum Gasteiger partial charge on any atom is -0.324 e. The topological polar surface area (TPSA) is 94.7 Å². The molecule has 28 heavy (non-hydrogen) atoms. The van der Waals surface area contributed by atoms with Crippen LogP contribution in [0.4, 0.5) is 14.5 Å². The van der Waals surface area contributed by atoms with Gasteiger partial charge in [0.05, 0.1) is 5.69 Å². The number of hydrogen-bond acceptors (Lipinski definition) is 5. The average Bonchev–Trinajstić information content (AvgIpc) is 3.09. The Morgan fingerprint density at radius 1 is 1.07 bits per heavy atom. The SMILES string of the molecule is O=C(Cn1cnc2c(nnn2-c2cccc(F)c2)c1=O)Nc1cccc(F)c1. The third-order valence-corrected chi connectivity index (χ3v) is 3.90. The molecule has 0 radical (unpaired) electrons. The highest BCUT2D eigenvalue weighted by molar-refractivity contribution is 5.90. The van der Waals surface area contributed by atoms with Crippen LogP contribution in [0.15, 0.2) is 59.7 Å². The number of benzene rings is 2. The van der Waals surface area contributed by atoms with E-state index in [4.69, 9.17) is 0 Å². The Morgan fingerprint density at radius 3 is 2.57 bits per heavy atom. The van der Waals surface area contributed by atoms with Gasteiger partial charge in [-0.25, -0.2) is 13.8 Å². The summed E-state index contributed by atoms with van der Waals surface area (Å²) in [5, 5.41) is 10.1. The number of anilines is 1. The normalized spacial score (nSPS) is 10.9. The molecule has 0 bridgehead atoms. The second-order valence-electron chi connectivity index (χ2n) is 5.89. The quantitative estimate of drug-likeness (QED) is 0.582. The number of nitrogens with one attached hydrogen (secondary N) is 1. The highest BCUT2D eigenvalue weighted by Gasteiger charge is 2.15. The zero-order valence-electron chi connectivity index (χ0n) is 14.2. The van der Waals surface area contributed by atoms with E-state index in [1.54, 1.807) is 6.07 Å². The third-order valence-electron chi connectivity index (χ3n) is 3.90. The second-order valence-corrected chi connectivity index (χ2v) is 5.89. The van der Waals surface area contributed by atoms with Crippen molar-refractivity contribution < 1.29 is 13.6 Å². The number of nitrogens with zero attached hydrogens (tertiary/aromatic N) is 5. The molecule has 140 valence electrons. The van der Waals surface area contributed by atoms with Gasteiger partial charge in [-0.05, 0) is 36.4 Å². The molecule has 2 heterocycles. The number of rotatable bonds is 4.